The Bertz CT molecular complexity index is 332. The molecule has 1 aromatic carbocycles. The van der Waals surface area contributed by atoms with Gasteiger partial charge in [0, 0.05) is 19.8 Å². The molecule has 0 saturated heterocycles. The SMILES string of the molecule is CCNCC(CCOCC(C)C)c1ccc(C)cc1. The van der Waals surface area contributed by atoms with Crippen LogP contribution in [-0.2, 0) is 4.74 Å². The minimum absolute atomic E-state index is 0.549. The van der Waals surface area contributed by atoms with Crippen molar-refractivity contribution in [1.29, 1.82) is 0 Å². The van der Waals surface area contributed by atoms with Crippen LogP contribution in [0.4, 0.5) is 0 Å². The van der Waals surface area contributed by atoms with Gasteiger partial charge in [-0.25, -0.2) is 0 Å². The highest BCUT2D eigenvalue weighted by atomic mass is 16.5. The number of hydrogen-bond donors (Lipinski definition) is 1. The number of nitrogens with one attached hydrogen (secondary N) is 1. The summed E-state index contributed by atoms with van der Waals surface area (Å²) >= 11 is 0. The lowest BCUT2D eigenvalue weighted by Crippen LogP contribution is -2.22. The molecule has 1 aromatic rings. The fourth-order valence-electron chi connectivity index (χ4n) is 2.09. The van der Waals surface area contributed by atoms with Gasteiger partial charge in [0.05, 0.1) is 0 Å². The van der Waals surface area contributed by atoms with Crippen molar-refractivity contribution in [2.24, 2.45) is 5.92 Å². The number of likely N-dealkylation sites (N-methyl/N-ethyl adjacent to an activating group) is 1. The van der Waals surface area contributed by atoms with Crippen molar-refractivity contribution in [3.63, 3.8) is 0 Å². The smallest absolute Gasteiger partial charge is 0.0488 e. The molecule has 2 heteroatoms. The van der Waals surface area contributed by atoms with Crippen molar-refractivity contribution in [2.45, 2.75) is 40.0 Å². The second kappa shape index (κ2) is 9.11. The molecule has 0 radical (unpaired) electrons. The van der Waals surface area contributed by atoms with Crippen molar-refractivity contribution < 1.29 is 4.74 Å². The Morgan fingerprint density at radius 1 is 1.16 bits per heavy atom. The Balaban J connectivity index is 2.48. The van der Waals surface area contributed by atoms with Gasteiger partial charge in [0.2, 0.25) is 0 Å². The van der Waals surface area contributed by atoms with E-state index in [-0.39, 0.29) is 0 Å². The van der Waals surface area contributed by atoms with E-state index in [9.17, 15) is 0 Å². The van der Waals surface area contributed by atoms with E-state index in [2.05, 4.69) is 57.3 Å². The van der Waals surface area contributed by atoms with Gasteiger partial charge in [0.1, 0.15) is 0 Å². The third kappa shape index (κ3) is 6.74. The van der Waals surface area contributed by atoms with Crippen LogP contribution in [0.15, 0.2) is 24.3 Å². The molecule has 2 nitrogen and oxygen atoms in total. The minimum atomic E-state index is 0.549. The standard InChI is InChI=1S/C17H29NO/c1-5-18-12-17(10-11-19-13-14(2)3)16-8-6-15(4)7-9-16/h6-9,14,17-18H,5,10-13H2,1-4H3. The van der Waals surface area contributed by atoms with E-state index >= 15 is 0 Å². The number of aryl methyl sites for hydroxylation is 1. The molecule has 1 rings (SSSR count). The first kappa shape index (κ1) is 16.2. The van der Waals surface area contributed by atoms with Gasteiger partial charge in [-0.1, -0.05) is 50.6 Å². The summed E-state index contributed by atoms with van der Waals surface area (Å²) < 4.78 is 5.72. The quantitative estimate of drug-likeness (QED) is 0.685. The van der Waals surface area contributed by atoms with Gasteiger partial charge >= 0.3 is 0 Å². The Morgan fingerprint density at radius 2 is 1.84 bits per heavy atom. The van der Waals surface area contributed by atoms with Crippen LogP contribution in [0.25, 0.3) is 0 Å². The normalized spacial score (nSPS) is 12.9. The average Bonchev–Trinajstić information content (AvgIpc) is 2.39. The monoisotopic (exact) mass is 263 g/mol. The van der Waals surface area contributed by atoms with Crippen LogP contribution < -0.4 is 5.32 Å². The number of hydrogen-bond acceptors (Lipinski definition) is 2. The second-order valence-corrected chi connectivity index (χ2v) is 5.67. The van der Waals surface area contributed by atoms with E-state index in [4.69, 9.17) is 4.74 Å². The summed E-state index contributed by atoms with van der Waals surface area (Å²) in [6.45, 7) is 12.4. The highest BCUT2D eigenvalue weighted by Crippen LogP contribution is 2.19. The molecule has 0 amide bonds. The maximum atomic E-state index is 5.72. The fraction of sp³-hybridized carbons (Fsp3) is 0.647. The molecule has 0 heterocycles. The molecule has 19 heavy (non-hydrogen) atoms. The predicted molar refractivity (Wildman–Crippen MR) is 82.7 cm³/mol. The van der Waals surface area contributed by atoms with E-state index < -0.39 is 0 Å². The Morgan fingerprint density at radius 3 is 2.42 bits per heavy atom. The third-order valence-electron chi connectivity index (χ3n) is 3.25. The Kier molecular flexibility index (Phi) is 7.76. The zero-order valence-electron chi connectivity index (χ0n) is 12.9. The van der Waals surface area contributed by atoms with Gasteiger partial charge in [-0.05, 0) is 37.3 Å². The van der Waals surface area contributed by atoms with Gasteiger partial charge < -0.3 is 10.1 Å². The number of rotatable bonds is 9. The summed E-state index contributed by atoms with van der Waals surface area (Å²) in [6, 6.07) is 8.89. The average molecular weight is 263 g/mol. The molecule has 108 valence electrons. The van der Waals surface area contributed by atoms with Crippen molar-refractivity contribution in [1.82, 2.24) is 5.32 Å². The van der Waals surface area contributed by atoms with Crippen molar-refractivity contribution >= 4 is 0 Å². The summed E-state index contributed by atoms with van der Waals surface area (Å²) in [7, 11) is 0. The topological polar surface area (TPSA) is 21.3 Å². The number of benzene rings is 1. The molecule has 0 aliphatic heterocycles. The van der Waals surface area contributed by atoms with Crippen molar-refractivity contribution in [2.75, 3.05) is 26.3 Å². The summed E-state index contributed by atoms with van der Waals surface area (Å²) in [5.41, 5.74) is 2.74. The Hall–Kier alpha value is -0.860. The van der Waals surface area contributed by atoms with Crippen molar-refractivity contribution in [3.05, 3.63) is 35.4 Å². The van der Waals surface area contributed by atoms with Gasteiger partial charge in [-0.3, -0.25) is 0 Å². The van der Waals surface area contributed by atoms with Crippen LogP contribution in [0, 0.1) is 12.8 Å². The Labute approximate surface area is 118 Å². The maximum Gasteiger partial charge on any atom is 0.0488 e. The summed E-state index contributed by atoms with van der Waals surface area (Å²) in [5.74, 6) is 1.17. The van der Waals surface area contributed by atoms with Crippen LogP contribution in [0.1, 0.15) is 44.2 Å². The minimum Gasteiger partial charge on any atom is -0.381 e. The highest BCUT2D eigenvalue weighted by molar-refractivity contribution is 5.24. The second-order valence-electron chi connectivity index (χ2n) is 5.67. The summed E-state index contributed by atoms with van der Waals surface area (Å²) in [5, 5.41) is 3.46. The van der Waals surface area contributed by atoms with E-state index in [1.807, 2.05) is 0 Å². The number of ether oxygens (including phenoxy) is 1. The lowest BCUT2D eigenvalue weighted by atomic mass is 9.95. The van der Waals surface area contributed by atoms with Gasteiger partial charge in [-0.2, -0.15) is 0 Å². The molecular formula is C17H29NO. The van der Waals surface area contributed by atoms with E-state index in [0.717, 1.165) is 32.7 Å². The molecule has 1 N–H and O–H groups in total. The summed E-state index contributed by atoms with van der Waals surface area (Å²) in [4.78, 5) is 0. The molecule has 0 aliphatic carbocycles. The molecule has 0 spiro atoms. The van der Waals surface area contributed by atoms with Crippen LogP contribution in [-0.4, -0.2) is 26.3 Å². The predicted octanol–water partition coefficient (Wildman–Crippen LogP) is 3.75. The first-order valence-corrected chi connectivity index (χ1v) is 7.48. The van der Waals surface area contributed by atoms with E-state index in [1.165, 1.54) is 11.1 Å². The molecule has 0 bridgehead atoms. The van der Waals surface area contributed by atoms with Gasteiger partial charge in [0.25, 0.3) is 0 Å². The highest BCUT2D eigenvalue weighted by Gasteiger charge is 2.11. The van der Waals surface area contributed by atoms with E-state index in [0.29, 0.717) is 11.8 Å². The van der Waals surface area contributed by atoms with Crippen LogP contribution in [0.2, 0.25) is 0 Å². The molecular weight excluding hydrogens is 234 g/mol. The third-order valence-corrected chi connectivity index (χ3v) is 3.25. The van der Waals surface area contributed by atoms with Crippen LogP contribution >= 0.6 is 0 Å². The molecule has 1 unspecified atom stereocenters. The molecule has 0 fully saturated rings. The zero-order chi connectivity index (χ0) is 14.1. The zero-order valence-corrected chi connectivity index (χ0v) is 12.9. The van der Waals surface area contributed by atoms with E-state index in [1.54, 1.807) is 0 Å². The van der Waals surface area contributed by atoms with Gasteiger partial charge in [-0.15, -0.1) is 0 Å². The maximum absolute atomic E-state index is 5.72. The van der Waals surface area contributed by atoms with Crippen LogP contribution in [0.5, 0.6) is 0 Å². The van der Waals surface area contributed by atoms with Crippen LogP contribution in [0.3, 0.4) is 0 Å². The molecule has 0 saturated carbocycles. The molecule has 1 atom stereocenters. The molecule has 0 aromatic heterocycles. The van der Waals surface area contributed by atoms with Crippen molar-refractivity contribution in [3.8, 4) is 0 Å². The summed E-state index contributed by atoms with van der Waals surface area (Å²) in [6.07, 6.45) is 1.09. The molecule has 0 aliphatic rings. The van der Waals surface area contributed by atoms with Gasteiger partial charge in [0.15, 0.2) is 0 Å². The largest absolute Gasteiger partial charge is 0.381 e. The lowest BCUT2D eigenvalue weighted by Gasteiger charge is -2.18. The first-order chi connectivity index (χ1) is 9.13. The lowest BCUT2D eigenvalue weighted by molar-refractivity contribution is 0.103. The fourth-order valence-corrected chi connectivity index (χ4v) is 2.09. The first-order valence-electron chi connectivity index (χ1n) is 7.48.